The first-order valence-corrected chi connectivity index (χ1v) is 8.97. The van der Waals surface area contributed by atoms with Crippen LogP contribution >= 0.6 is 11.3 Å². The van der Waals surface area contributed by atoms with Crippen molar-refractivity contribution in [3.63, 3.8) is 0 Å². The summed E-state index contributed by atoms with van der Waals surface area (Å²) in [5.74, 6) is -0.0384. The van der Waals surface area contributed by atoms with Crippen LogP contribution in [-0.2, 0) is 11.3 Å². The summed E-state index contributed by atoms with van der Waals surface area (Å²) in [6.07, 6.45) is 0. The van der Waals surface area contributed by atoms with Crippen LogP contribution < -0.4 is 10.6 Å². The Bertz CT molecular complexity index is 1020. The van der Waals surface area contributed by atoms with Crippen LogP contribution in [0.2, 0.25) is 0 Å². The molecule has 0 aliphatic carbocycles. The molecule has 26 heavy (non-hydrogen) atoms. The predicted octanol–water partition coefficient (Wildman–Crippen LogP) is 4.33. The third-order valence-corrected chi connectivity index (χ3v) is 4.56. The van der Waals surface area contributed by atoms with Crippen molar-refractivity contribution in [3.8, 4) is 11.3 Å². The third kappa shape index (κ3) is 3.57. The number of nitrogens with zero attached hydrogens (tertiary/aromatic N) is 2. The first kappa shape index (κ1) is 16.3. The van der Waals surface area contributed by atoms with Crippen LogP contribution in [0.25, 0.3) is 22.4 Å². The Morgan fingerprint density at radius 1 is 1.12 bits per heavy atom. The van der Waals surface area contributed by atoms with Gasteiger partial charge in [-0.2, -0.15) is 4.98 Å². The summed E-state index contributed by atoms with van der Waals surface area (Å²) in [5, 5.41) is 8.59. The van der Waals surface area contributed by atoms with E-state index in [1.54, 1.807) is 0 Å². The second kappa shape index (κ2) is 6.97. The van der Waals surface area contributed by atoms with E-state index in [1.165, 1.54) is 18.3 Å². The number of amides is 1. The molecular formula is C19H16N4O2S. The number of aromatic nitrogens is 2. The maximum absolute atomic E-state index is 11.0. The number of carbonyl (C=O) groups is 1. The van der Waals surface area contributed by atoms with E-state index >= 15 is 0 Å². The highest BCUT2D eigenvalue weighted by Crippen LogP contribution is 2.28. The second-order valence-corrected chi connectivity index (χ2v) is 6.61. The summed E-state index contributed by atoms with van der Waals surface area (Å²) in [5.41, 5.74) is 4.48. The second-order valence-electron chi connectivity index (χ2n) is 5.76. The molecule has 2 heterocycles. The Balaban J connectivity index is 1.47. The SMILES string of the molecule is CC(=O)NCc1ccc(-c2csc(Nc3nc4ccccc4o3)n2)cc1. The number of rotatable bonds is 5. The first-order chi connectivity index (χ1) is 12.7. The van der Waals surface area contributed by atoms with Gasteiger partial charge in [-0.05, 0) is 17.7 Å². The van der Waals surface area contributed by atoms with E-state index < -0.39 is 0 Å². The molecule has 0 aliphatic rings. The molecule has 4 rings (SSSR count). The molecule has 2 N–H and O–H groups in total. The van der Waals surface area contributed by atoms with E-state index in [9.17, 15) is 4.79 Å². The van der Waals surface area contributed by atoms with Gasteiger partial charge in [0.15, 0.2) is 10.7 Å². The number of hydrogen-bond donors (Lipinski definition) is 2. The zero-order valence-corrected chi connectivity index (χ0v) is 14.8. The molecule has 0 aliphatic heterocycles. The van der Waals surface area contributed by atoms with E-state index in [1.807, 2.05) is 53.9 Å². The van der Waals surface area contributed by atoms with E-state index in [0.717, 1.165) is 27.9 Å². The summed E-state index contributed by atoms with van der Waals surface area (Å²) >= 11 is 1.49. The van der Waals surface area contributed by atoms with Crippen molar-refractivity contribution in [1.82, 2.24) is 15.3 Å². The van der Waals surface area contributed by atoms with Crippen LogP contribution in [0.1, 0.15) is 12.5 Å². The normalized spacial score (nSPS) is 10.8. The molecule has 0 saturated heterocycles. The largest absolute Gasteiger partial charge is 0.423 e. The van der Waals surface area contributed by atoms with Gasteiger partial charge < -0.3 is 9.73 Å². The lowest BCUT2D eigenvalue weighted by atomic mass is 10.1. The maximum Gasteiger partial charge on any atom is 0.302 e. The van der Waals surface area contributed by atoms with Crippen molar-refractivity contribution < 1.29 is 9.21 Å². The summed E-state index contributed by atoms with van der Waals surface area (Å²) in [7, 11) is 0. The van der Waals surface area contributed by atoms with Crippen LogP contribution in [-0.4, -0.2) is 15.9 Å². The quantitative estimate of drug-likeness (QED) is 0.551. The fourth-order valence-electron chi connectivity index (χ4n) is 2.50. The number of anilines is 2. The number of fused-ring (bicyclic) bond motifs is 1. The highest BCUT2D eigenvalue weighted by molar-refractivity contribution is 7.14. The lowest BCUT2D eigenvalue weighted by Crippen LogP contribution is -2.18. The minimum atomic E-state index is -0.0384. The molecule has 0 spiro atoms. The standard InChI is InChI=1S/C19H16N4O2S/c1-12(24)20-10-13-6-8-14(9-7-13)16-11-26-19(22-16)23-18-21-15-4-2-3-5-17(15)25-18/h2-9,11H,10H2,1H3,(H,20,24)(H,21,22,23). The molecule has 0 unspecified atom stereocenters. The van der Waals surface area contributed by atoms with Gasteiger partial charge in [0.2, 0.25) is 5.91 Å². The average Bonchev–Trinajstić information content (AvgIpc) is 3.27. The molecule has 130 valence electrons. The fourth-order valence-corrected chi connectivity index (χ4v) is 3.21. The average molecular weight is 364 g/mol. The van der Waals surface area contributed by atoms with Crippen molar-refractivity contribution in [3.05, 3.63) is 59.5 Å². The van der Waals surface area contributed by atoms with Gasteiger partial charge in [-0.15, -0.1) is 11.3 Å². The molecule has 6 nitrogen and oxygen atoms in total. The van der Waals surface area contributed by atoms with Crippen LogP contribution in [0.4, 0.5) is 11.1 Å². The van der Waals surface area contributed by atoms with Crippen molar-refractivity contribution in [1.29, 1.82) is 0 Å². The van der Waals surface area contributed by atoms with Gasteiger partial charge >= 0.3 is 6.01 Å². The van der Waals surface area contributed by atoms with Gasteiger partial charge in [-0.25, -0.2) is 4.98 Å². The monoisotopic (exact) mass is 364 g/mol. The third-order valence-electron chi connectivity index (χ3n) is 3.80. The van der Waals surface area contributed by atoms with Gasteiger partial charge in [0.1, 0.15) is 5.52 Å². The molecule has 1 amide bonds. The van der Waals surface area contributed by atoms with Crippen LogP contribution in [0.3, 0.4) is 0 Å². The molecule has 2 aromatic heterocycles. The molecule has 0 radical (unpaired) electrons. The lowest BCUT2D eigenvalue weighted by molar-refractivity contribution is -0.119. The molecule has 0 atom stereocenters. The lowest BCUT2D eigenvalue weighted by Gasteiger charge is -2.03. The Labute approximate surface area is 153 Å². The zero-order valence-electron chi connectivity index (χ0n) is 14.0. The number of benzene rings is 2. The summed E-state index contributed by atoms with van der Waals surface area (Å²) in [4.78, 5) is 20.0. The number of thiazole rings is 1. The Morgan fingerprint density at radius 3 is 2.69 bits per heavy atom. The summed E-state index contributed by atoms with van der Waals surface area (Å²) in [6, 6.07) is 16.0. The van der Waals surface area contributed by atoms with Crippen molar-refractivity contribution in [2.75, 3.05) is 5.32 Å². The number of para-hydroxylation sites is 2. The summed E-state index contributed by atoms with van der Waals surface area (Å²) in [6.45, 7) is 2.03. The number of carbonyl (C=O) groups excluding carboxylic acids is 1. The highest BCUT2D eigenvalue weighted by Gasteiger charge is 2.09. The molecule has 7 heteroatoms. The van der Waals surface area contributed by atoms with E-state index in [4.69, 9.17) is 4.42 Å². The summed E-state index contributed by atoms with van der Waals surface area (Å²) < 4.78 is 5.66. The molecule has 0 fully saturated rings. The van der Waals surface area contributed by atoms with Crippen LogP contribution in [0, 0.1) is 0 Å². The number of hydrogen-bond acceptors (Lipinski definition) is 6. The van der Waals surface area contributed by atoms with Crippen molar-refractivity contribution in [2.24, 2.45) is 0 Å². The van der Waals surface area contributed by atoms with Gasteiger partial charge in [0.05, 0.1) is 5.69 Å². The van der Waals surface area contributed by atoms with Gasteiger partial charge in [-0.3, -0.25) is 10.1 Å². The molecular weight excluding hydrogens is 348 g/mol. The van der Waals surface area contributed by atoms with Crippen LogP contribution in [0.15, 0.2) is 58.3 Å². The minimum absolute atomic E-state index is 0.0384. The van der Waals surface area contributed by atoms with E-state index in [2.05, 4.69) is 20.6 Å². The highest BCUT2D eigenvalue weighted by atomic mass is 32.1. The topological polar surface area (TPSA) is 80.0 Å². The fraction of sp³-hybridized carbons (Fsp3) is 0.105. The first-order valence-electron chi connectivity index (χ1n) is 8.09. The van der Waals surface area contributed by atoms with Crippen molar-refractivity contribution >= 4 is 39.5 Å². The van der Waals surface area contributed by atoms with E-state index in [0.29, 0.717) is 17.7 Å². The molecule has 2 aromatic carbocycles. The predicted molar refractivity (Wildman–Crippen MR) is 102 cm³/mol. The number of oxazole rings is 1. The minimum Gasteiger partial charge on any atom is -0.423 e. The Kier molecular flexibility index (Phi) is 4.37. The maximum atomic E-state index is 11.0. The zero-order chi connectivity index (χ0) is 17.9. The Hall–Kier alpha value is -3.19. The number of nitrogens with one attached hydrogen (secondary N) is 2. The van der Waals surface area contributed by atoms with Crippen LogP contribution in [0.5, 0.6) is 0 Å². The Morgan fingerprint density at radius 2 is 1.92 bits per heavy atom. The molecule has 4 aromatic rings. The smallest absolute Gasteiger partial charge is 0.302 e. The van der Waals surface area contributed by atoms with E-state index in [-0.39, 0.29) is 5.91 Å². The van der Waals surface area contributed by atoms with Crippen molar-refractivity contribution in [2.45, 2.75) is 13.5 Å². The molecule has 0 bridgehead atoms. The molecule has 0 saturated carbocycles. The van der Waals surface area contributed by atoms with Gasteiger partial charge in [-0.1, -0.05) is 36.4 Å². The van der Waals surface area contributed by atoms with Gasteiger partial charge in [0, 0.05) is 24.4 Å². The van der Waals surface area contributed by atoms with Gasteiger partial charge in [0.25, 0.3) is 0 Å².